The highest BCUT2D eigenvalue weighted by molar-refractivity contribution is 5.96. The van der Waals surface area contributed by atoms with Crippen LogP contribution in [-0.2, 0) is 11.3 Å². The average Bonchev–Trinajstić information content (AvgIpc) is 3.45. The first-order valence-corrected chi connectivity index (χ1v) is 12.2. The quantitative estimate of drug-likeness (QED) is 0.304. The van der Waals surface area contributed by atoms with E-state index in [2.05, 4.69) is 65.2 Å². The molecular formula is C30H27N3O2. The first-order chi connectivity index (χ1) is 17.2. The average molecular weight is 462 g/mol. The van der Waals surface area contributed by atoms with Gasteiger partial charge in [-0.2, -0.15) is 0 Å². The van der Waals surface area contributed by atoms with E-state index in [1.807, 2.05) is 42.2 Å². The van der Waals surface area contributed by atoms with Crippen LogP contribution >= 0.6 is 0 Å². The second-order valence-corrected chi connectivity index (χ2v) is 9.06. The minimum absolute atomic E-state index is 0.0296. The summed E-state index contributed by atoms with van der Waals surface area (Å²) < 4.78 is 7.85. The van der Waals surface area contributed by atoms with Gasteiger partial charge in [-0.15, -0.1) is 0 Å². The van der Waals surface area contributed by atoms with E-state index >= 15 is 0 Å². The van der Waals surface area contributed by atoms with Crippen LogP contribution in [0.1, 0.15) is 30.7 Å². The van der Waals surface area contributed by atoms with Crippen LogP contribution in [0.4, 0.5) is 5.69 Å². The van der Waals surface area contributed by atoms with Gasteiger partial charge in [0.1, 0.15) is 11.6 Å². The Morgan fingerprint density at radius 3 is 2.51 bits per heavy atom. The van der Waals surface area contributed by atoms with Gasteiger partial charge in [-0.3, -0.25) is 4.79 Å². The molecule has 1 amide bonds. The van der Waals surface area contributed by atoms with Crippen molar-refractivity contribution in [2.75, 3.05) is 18.1 Å². The molecule has 1 saturated heterocycles. The smallest absolute Gasteiger partial charge is 0.227 e. The minimum atomic E-state index is 0.0296. The summed E-state index contributed by atoms with van der Waals surface area (Å²) in [6.45, 7) is 3.92. The van der Waals surface area contributed by atoms with Crippen molar-refractivity contribution in [2.24, 2.45) is 0 Å². The van der Waals surface area contributed by atoms with Gasteiger partial charge in [0.15, 0.2) is 0 Å². The summed E-state index contributed by atoms with van der Waals surface area (Å²) in [5, 5.41) is 2.47. The molecule has 0 bridgehead atoms. The first kappa shape index (κ1) is 21.4. The number of amides is 1. The standard InChI is InChI=1S/C30H27N3O2/c1-2-35-26-15-13-25(14-16-26)32-20-24(18-29(32)34)30-31-27-9-5-6-10-28(27)33(30)19-21-11-12-22-7-3-4-8-23(22)17-21/h3-17,24H,2,18-20H2,1H3. The maximum absolute atomic E-state index is 13.1. The second-order valence-electron chi connectivity index (χ2n) is 9.06. The molecule has 1 atom stereocenters. The van der Waals surface area contributed by atoms with Gasteiger partial charge in [0, 0.05) is 31.1 Å². The van der Waals surface area contributed by atoms with Gasteiger partial charge in [0.05, 0.1) is 17.6 Å². The highest BCUT2D eigenvalue weighted by atomic mass is 16.5. The van der Waals surface area contributed by atoms with Crippen LogP contribution in [-0.4, -0.2) is 28.6 Å². The van der Waals surface area contributed by atoms with Crippen molar-refractivity contribution in [1.29, 1.82) is 0 Å². The zero-order valence-electron chi connectivity index (χ0n) is 19.7. The Bertz CT molecular complexity index is 1520. The molecule has 174 valence electrons. The number of hydrogen-bond acceptors (Lipinski definition) is 3. The van der Waals surface area contributed by atoms with E-state index in [1.54, 1.807) is 0 Å². The number of aromatic nitrogens is 2. The molecule has 0 spiro atoms. The molecule has 0 aliphatic carbocycles. The Morgan fingerprint density at radius 2 is 1.69 bits per heavy atom. The minimum Gasteiger partial charge on any atom is -0.494 e. The molecule has 1 aliphatic heterocycles. The zero-order chi connectivity index (χ0) is 23.8. The molecule has 1 unspecified atom stereocenters. The maximum atomic E-state index is 13.1. The third-order valence-electron chi connectivity index (χ3n) is 6.79. The van der Waals surface area contributed by atoms with Crippen LogP contribution in [0.15, 0.2) is 91.0 Å². The topological polar surface area (TPSA) is 47.4 Å². The van der Waals surface area contributed by atoms with Crippen LogP contribution in [0.25, 0.3) is 21.8 Å². The largest absolute Gasteiger partial charge is 0.494 e. The summed E-state index contributed by atoms with van der Waals surface area (Å²) in [7, 11) is 0. The number of carbonyl (C=O) groups excluding carboxylic acids is 1. The number of imidazole rings is 1. The lowest BCUT2D eigenvalue weighted by atomic mass is 10.1. The number of benzene rings is 4. The van der Waals surface area contributed by atoms with Crippen molar-refractivity contribution < 1.29 is 9.53 Å². The summed E-state index contributed by atoms with van der Waals surface area (Å²) in [5.74, 6) is 1.95. The van der Waals surface area contributed by atoms with Crippen LogP contribution in [0.2, 0.25) is 0 Å². The van der Waals surface area contributed by atoms with Crippen molar-refractivity contribution in [3.05, 3.63) is 102 Å². The Morgan fingerprint density at radius 1 is 0.914 bits per heavy atom. The van der Waals surface area contributed by atoms with E-state index in [-0.39, 0.29) is 11.8 Å². The zero-order valence-corrected chi connectivity index (χ0v) is 19.7. The van der Waals surface area contributed by atoms with E-state index in [0.717, 1.165) is 28.3 Å². The lowest BCUT2D eigenvalue weighted by Crippen LogP contribution is -2.24. The predicted octanol–water partition coefficient (Wildman–Crippen LogP) is 6.16. The number of nitrogens with zero attached hydrogens (tertiary/aromatic N) is 3. The molecule has 35 heavy (non-hydrogen) atoms. The van der Waals surface area contributed by atoms with E-state index in [4.69, 9.17) is 9.72 Å². The van der Waals surface area contributed by atoms with E-state index in [0.29, 0.717) is 26.1 Å². The summed E-state index contributed by atoms with van der Waals surface area (Å²) >= 11 is 0. The Labute approximate surface area is 204 Å². The first-order valence-electron chi connectivity index (χ1n) is 12.2. The van der Waals surface area contributed by atoms with Crippen LogP contribution in [0, 0.1) is 0 Å². The fraction of sp³-hybridized carbons (Fsp3) is 0.200. The molecule has 0 saturated carbocycles. The maximum Gasteiger partial charge on any atom is 0.227 e. The molecule has 5 heteroatoms. The molecule has 6 rings (SSSR count). The molecule has 2 heterocycles. The Balaban J connectivity index is 1.34. The lowest BCUT2D eigenvalue weighted by Gasteiger charge is -2.18. The number of rotatable bonds is 6. The predicted molar refractivity (Wildman–Crippen MR) is 140 cm³/mol. The molecule has 0 N–H and O–H groups in total. The lowest BCUT2D eigenvalue weighted by molar-refractivity contribution is -0.117. The molecule has 1 fully saturated rings. The van der Waals surface area contributed by atoms with Crippen LogP contribution < -0.4 is 9.64 Å². The van der Waals surface area contributed by atoms with Crippen LogP contribution in [0.5, 0.6) is 5.75 Å². The normalized spacial score (nSPS) is 15.9. The fourth-order valence-electron chi connectivity index (χ4n) is 5.11. The van der Waals surface area contributed by atoms with Gasteiger partial charge in [-0.1, -0.05) is 48.5 Å². The van der Waals surface area contributed by atoms with Gasteiger partial charge < -0.3 is 14.2 Å². The van der Waals surface area contributed by atoms with Crippen LogP contribution in [0.3, 0.4) is 0 Å². The van der Waals surface area contributed by atoms with Crippen molar-refractivity contribution >= 4 is 33.4 Å². The number of para-hydroxylation sites is 2. The second kappa shape index (κ2) is 8.91. The summed E-state index contributed by atoms with van der Waals surface area (Å²) in [5.41, 5.74) is 4.19. The highest BCUT2D eigenvalue weighted by Gasteiger charge is 2.34. The Hall–Kier alpha value is -4.12. The fourth-order valence-corrected chi connectivity index (χ4v) is 5.11. The molecule has 0 radical (unpaired) electrons. The summed E-state index contributed by atoms with van der Waals surface area (Å²) in [6, 6.07) is 31.1. The highest BCUT2D eigenvalue weighted by Crippen LogP contribution is 2.34. The monoisotopic (exact) mass is 461 g/mol. The number of ether oxygens (including phenoxy) is 1. The number of carbonyl (C=O) groups is 1. The molecule has 5 nitrogen and oxygen atoms in total. The van der Waals surface area contributed by atoms with Crippen molar-refractivity contribution in [3.8, 4) is 5.75 Å². The van der Waals surface area contributed by atoms with Gasteiger partial charge in [0.2, 0.25) is 5.91 Å². The van der Waals surface area contributed by atoms with E-state index < -0.39 is 0 Å². The molecule has 1 aromatic heterocycles. The third kappa shape index (κ3) is 4.03. The molecular weight excluding hydrogens is 434 g/mol. The number of anilines is 1. The van der Waals surface area contributed by atoms with E-state index in [1.165, 1.54) is 16.3 Å². The molecule has 5 aromatic rings. The van der Waals surface area contributed by atoms with Gasteiger partial charge in [-0.05, 0) is 65.7 Å². The molecule has 1 aliphatic rings. The van der Waals surface area contributed by atoms with Gasteiger partial charge in [-0.25, -0.2) is 4.98 Å². The SMILES string of the molecule is CCOc1ccc(N2CC(c3nc4ccccc4n3Cc3ccc4ccccc4c3)CC2=O)cc1. The summed E-state index contributed by atoms with van der Waals surface area (Å²) in [4.78, 5) is 20.0. The number of fused-ring (bicyclic) bond motifs is 2. The number of hydrogen-bond donors (Lipinski definition) is 0. The van der Waals surface area contributed by atoms with Crippen molar-refractivity contribution in [2.45, 2.75) is 25.8 Å². The molecule has 4 aromatic carbocycles. The van der Waals surface area contributed by atoms with Crippen molar-refractivity contribution in [1.82, 2.24) is 9.55 Å². The van der Waals surface area contributed by atoms with Gasteiger partial charge in [0.25, 0.3) is 0 Å². The summed E-state index contributed by atoms with van der Waals surface area (Å²) in [6.07, 6.45) is 0.453. The third-order valence-corrected chi connectivity index (χ3v) is 6.79. The van der Waals surface area contributed by atoms with Gasteiger partial charge >= 0.3 is 0 Å². The van der Waals surface area contributed by atoms with E-state index in [9.17, 15) is 4.79 Å². The Kier molecular flexibility index (Phi) is 5.45. The van der Waals surface area contributed by atoms with Crippen molar-refractivity contribution in [3.63, 3.8) is 0 Å².